The summed E-state index contributed by atoms with van der Waals surface area (Å²) in [7, 11) is 0. The molecule has 1 atom stereocenters. The van der Waals surface area contributed by atoms with E-state index in [4.69, 9.17) is 25.8 Å². The third kappa shape index (κ3) is 7.34. The highest BCUT2D eigenvalue weighted by Gasteiger charge is 2.15. The summed E-state index contributed by atoms with van der Waals surface area (Å²) in [6.45, 7) is -0.415. The molecule has 0 heterocycles. The van der Waals surface area contributed by atoms with Gasteiger partial charge in [-0.05, 0) is 11.1 Å². The molecule has 6 nitrogen and oxygen atoms in total. The normalized spacial score (nSPS) is 11.5. The van der Waals surface area contributed by atoms with Gasteiger partial charge in [0.2, 0.25) is 0 Å². The van der Waals surface area contributed by atoms with Gasteiger partial charge in [0.1, 0.15) is 12.7 Å². The second kappa shape index (κ2) is 11.3. The fraction of sp³-hybridized carbons (Fsp3) is 0.278. The van der Waals surface area contributed by atoms with E-state index in [1.807, 2.05) is 60.7 Å². The van der Waals surface area contributed by atoms with Gasteiger partial charge in [0.15, 0.2) is 0 Å². The molecule has 6 heteroatoms. The van der Waals surface area contributed by atoms with Crippen molar-refractivity contribution in [2.75, 3.05) is 19.8 Å². The molecule has 5 N–H and O–H groups in total. The predicted molar refractivity (Wildman–Crippen MR) is 90.5 cm³/mol. The Kier molecular flexibility index (Phi) is 9.33. The summed E-state index contributed by atoms with van der Waals surface area (Å²) in [5, 5.41) is 25.0. The molecule has 0 aliphatic rings. The van der Waals surface area contributed by atoms with E-state index in [0.29, 0.717) is 0 Å². The van der Waals surface area contributed by atoms with Crippen LogP contribution in [-0.2, 0) is 9.53 Å². The quantitative estimate of drug-likeness (QED) is 0.605. The fourth-order valence-electron chi connectivity index (χ4n) is 1.87. The molecule has 0 saturated carbocycles. The van der Waals surface area contributed by atoms with Crippen molar-refractivity contribution in [1.29, 1.82) is 0 Å². The molecular formula is C18H23NO5. The fourth-order valence-corrected chi connectivity index (χ4v) is 1.87. The first-order valence-corrected chi connectivity index (χ1v) is 7.50. The van der Waals surface area contributed by atoms with Crippen molar-refractivity contribution in [3.05, 3.63) is 71.8 Å². The van der Waals surface area contributed by atoms with Crippen molar-refractivity contribution < 1.29 is 24.9 Å². The highest BCUT2D eigenvalue weighted by Crippen LogP contribution is 2.25. The topological polar surface area (TPSA) is 113 Å². The molecule has 0 amide bonds. The summed E-state index contributed by atoms with van der Waals surface area (Å²) in [5.41, 5.74) is 6.77. The van der Waals surface area contributed by atoms with Gasteiger partial charge in [-0.15, -0.1) is 0 Å². The van der Waals surface area contributed by atoms with Crippen molar-refractivity contribution in [2.45, 2.75) is 12.2 Å². The van der Waals surface area contributed by atoms with Crippen LogP contribution < -0.4 is 5.73 Å². The Bertz CT molecular complexity index is 533. The lowest BCUT2D eigenvalue weighted by atomic mass is 10.0. The number of aliphatic hydroxyl groups excluding tert-OH is 2. The minimum Gasteiger partial charge on any atom is -0.480 e. The highest BCUT2D eigenvalue weighted by atomic mass is 16.5. The summed E-state index contributed by atoms with van der Waals surface area (Å²) in [4.78, 5) is 10.6. The van der Waals surface area contributed by atoms with Gasteiger partial charge >= 0.3 is 5.97 Å². The molecule has 24 heavy (non-hydrogen) atoms. The van der Waals surface area contributed by atoms with E-state index in [1.165, 1.54) is 0 Å². The van der Waals surface area contributed by atoms with Crippen LogP contribution in [0.2, 0.25) is 0 Å². The zero-order valence-electron chi connectivity index (χ0n) is 13.3. The zero-order chi connectivity index (χ0) is 17.8. The van der Waals surface area contributed by atoms with Crippen LogP contribution in [0.3, 0.4) is 0 Å². The van der Waals surface area contributed by atoms with Crippen molar-refractivity contribution in [3.8, 4) is 0 Å². The number of aliphatic hydroxyl groups is 2. The molecule has 2 aromatic rings. The standard InChI is InChI=1S/C15H14O3.C3H9NO2/c16-14(17)11-18-15(12-7-3-1-4-8-12)13-9-5-2-6-10-13;4-1-3(6)2-5/h1-10,15H,11H2,(H,16,17);3,5-6H,1-2,4H2. The molecule has 0 aliphatic heterocycles. The second-order valence-corrected chi connectivity index (χ2v) is 4.98. The maximum absolute atomic E-state index is 10.6. The predicted octanol–water partition coefficient (Wildman–Crippen LogP) is 1.18. The van der Waals surface area contributed by atoms with E-state index in [0.717, 1.165) is 11.1 Å². The van der Waals surface area contributed by atoms with E-state index in [-0.39, 0.29) is 25.9 Å². The smallest absolute Gasteiger partial charge is 0.329 e. The van der Waals surface area contributed by atoms with Crippen LogP contribution in [0.25, 0.3) is 0 Å². The second-order valence-electron chi connectivity index (χ2n) is 4.98. The number of hydrogen-bond acceptors (Lipinski definition) is 5. The van der Waals surface area contributed by atoms with Gasteiger partial charge in [-0.1, -0.05) is 60.7 Å². The van der Waals surface area contributed by atoms with Crippen molar-refractivity contribution in [3.63, 3.8) is 0 Å². The Morgan fingerprint density at radius 1 is 1.00 bits per heavy atom. The molecule has 130 valence electrons. The minimum atomic E-state index is -0.966. The Labute approximate surface area is 141 Å². The summed E-state index contributed by atoms with van der Waals surface area (Å²) in [5.74, 6) is -0.966. The Hall–Kier alpha value is -2.25. The maximum Gasteiger partial charge on any atom is 0.329 e. The third-order valence-corrected chi connectivity index (χ3v) is 3.06. The van der Waals surface area contributed by atoms with Gasteiger partial charge in [-0.2, -0.15) is 0 Å². The average Bonchev–Trinajstić information content (AvgIpc) is 2.63. The number of aliphatic carboxylic acids is 1. The summed E-state index contributed by atoms with van der Waals surface area (Å²) >= 11 is 0. The minimum absolute atomic E-state index is 0.135. The van der Waals surface area contributed by atoms with E-state index in [2.05, 4.69) is 0 Å². The molecule has 0 spiro atoms. The van der Waals surface area contributed by atoms with Crippen molar-refractivity contribution in [1.82, 2.24) is 0 Å². The highest BCUT2D eigenvalue weighted by molar-refractivity contribution is 5.68. The van der Waals surface area contributed by atoms with Crippen LogP contribution in [0.5, 0.6) is 0 Å². The van der Waals surface area contributed by atoms with Gasteiger partial charge in [0, 0.05) is 6.54 Å². The number of hydrogen-bond donors (Lipinski definition) is 4. The Balaban J connectivity index is 0.000000413. The van der Waals surface area contributed by atoms with Crippen LogP contribution in [0.4, 0.5) is 0 Å². The third-order valence-electron chi connectivity index (χ3n) is 3.06. The van der Waals surface area contributed by atoms with Gasteiger partial charge < -0.3 is 25.8 Å². The zero-order valence-corrected chi connectivity index (χ0v) is 13.3. The van der Waals surface area contributed by atoms with Crippen LogP contribution in [-0.4, -0.2) is 47.2 Å². The van der Waals surface area contributed by atoms with Crippen molar-refractivity contribution >= 4 is 5.97 Å². The van der Waals surface area contributed by atoms with Crippen LogP contribution >= 0.6 is 0 Å². The summed E-state index contributed by atoms with van der Waals surface area (Å²) in [6.07, 6.45) is -1.08. The molecular weight excluding hydrogens is 310 g/mol. The molecule has 2 aromatic carbocycles. The van der Waals surface area contributed by atoms with Gasteiger partial charge in [-0.3, -0.25) is 0 Å². The average molecular weight is 333 g/mol. The van der Waals surface area contributed by atoms with Gasteiger partial charge in [0.25, 0.3) is 0 Å². The van der Waals surface area contributed by atoms with Crippen molar-refractivity contribution in [2.24, 2.45) is 5.73 Å². The first-order chi connectivity index (χ1) is 11.6. The van der Waals surface area contributed by atoms with E-state index >= 15 is 0 Å². The lowest BCUT2D eigenvalue weighted by molar-refractivity contribution is -0.143. The largest absolute Gasteiger partial charge is 0.480 e. The number of nitrogens with two attached hydrogens (primary N) is 1. The van der Waals surface area contributed by atoms with Crippen LogP contribution in [0.15, 0.2) is 60.7 Å². The maximum atomic E-state index is 10.6. The SMILES string of the molecule is NCC(O)CO.O=C(O)COC(c1ccccc1)c1ccccc1. The molecule has 0 radical (unpaired) electrons. The summed E-state index contributed by atoms with van der Waals surface area (Å²) in [6, 6.07) is 19.2. The summed E-state index contributed by atoms with van der Waals surface area (Å²) < 4.78 is 5.48. The molecule has 2 rings (SSSR count). The van der Waals surface area contributed by atoms with E-state index in [1.54, 1.807) is 0 Å². The lowest BCUT2D eigenvalue weighted by Crippen LogP contribution is -2.22. The van der Waals surface area contributed by atoms with Crippen LogP contribution in [0.1, 0.15) is 17.2 Å². The lowest BCUT2D eigenvalue weighted by Gasteiger charge is -2.17. The first kappa shape index (κ1) is 19.8. The molecule has 0 saturated heterocycles. The molecule has 0 aliphatic carbocycles. The monoisotopic (exact) mass is 333 g/mol. The molecule has 0 fully saturated rings. The molecule has 1 unspecified atom stereocenters. The molecule has 0 bridgehead atoms. The Morgan fingerprint density at radius 3 is 1.75 bits per heavy atom. The van der Waals surface area contributed by atoms with Gasteiger partial charge in [-0.25, -0.2) is 4.79 Å². The van der Waals surface area contributed by atoms with E-state index in [9.17, 15) is 4.79 Å². The van der Waals surface area contributed by atoms with E-state index < -0.39 is 12.1 Å². The number of carboxylic acid groups (broad SMARTS) is 1. The number of ether oxygens (including phenoxy) is 1. The number of carboxylic acids is 1. The first-order valence-electron chi connectivity index (χ1n) is 7.50. The van der Waals surface area contributed by atoms with Crippen LogP contribution in [0, 0.1) is 0 Å². The molecule has 0 aromatic heterocycles. The Morgan fingerprint density at radius 2 is 1.46 bits per heavy atom. The number of rotatable bonds is 7. The number of carbonyl (C=O) groups is 1. The number of benzene rings is 2. The van der Waals surface area contributed by atoms with Gasteiger partial charge in [0.05, 0.1) is 12.7 Å².